The van der Waals surface area contributed by atoms with Gasteiger partial charge in [0, 0.05) is 45.7 Å². The van der Waals surface area contributed by atoms with Crippen molar-refractivity contribution in [3.05, 3.63) is 12.1 Å². The summed E-state index contributed by atoms with van der Waals surface area (Å²) in [6, 6.07) is 3.66. The summed E-state index contributed by atoms with van der Waals surface area (Å²) in [5.41, 5.74) is 0. The summed E-state index contributed by atoms with van der Waals surface area (Å²) in [6.45, 7) is 8.75. The molecule has 1 aromatic heterocycles. The fourth-order valence-corrected chi connectivity index (χ4v) is 3.38. The topological polar surface area (TPSA) is 81.7 Å². The van der Waals surface area contributed by atoms with Gasteiger partial charge in [0.05, 0.1) is 0 Å². The molecule has 0 aromatic carbocycles. The van der Waals surface area contributed by atoms with E-state index in [1.54, 1.807) is 0 Å². The predicted molar refractivity (Wildman–Crippen MR) is 95.6 cm³/mol. The minimum Gasteiger partial charge on any atom is -0.356 e. The molecule has 1 aromatic rings. The third-order valence-electron chi connectivity index (χ3n) is 4.93. The average molecular weight is 346 g/mol. The molecule has 3 heterocycles. The normalized spacial score (nSPS) is 20.6. The molecule has 8 heteroatoms. The average Bonchev–Trinajstić information content (AvgIpc) is 3.09. The first-order valence-electron chi connectivity index (χ1n) is 9.04. The van der Waals surface area contributed by atoms with Crippen molar-refractivity contribution in [1.29, 1.82) is 0 Å². The SMILES string of the molecule is CCN(CC)c1ccc(N2CCN(C(=O)C3CCC(=O)N3)CC2)nn1. The Kier molecular flexibility index (Phi) is 5.35. The van der Waals surface area contributed by atoms with Crippen LogP contribution in [0.2, 0.25) is 0 Å². The summed E-state index contributed by atoms with van der Waals surface area (Å²) in [7, 11) is 0. The van der Waals surface area contributed by atoms with Crippen molar-refractivity contribution in [3.63, 3.8) is 0 Å². The van der Waals surface area contributed by atoms with Crippen molar-refractivity contribution in [3.8, 4) is 0 Å². The number of nitrogens with zero attached hydrogens (tertiary/aromatic N) is 5. The largest absolute Gasteiger partial charge is 0.356 e. The molecule has 8 nitrogen and oxygen atoms in total. The van der Waals surface area contributed by atoms with Crippen molar-refractivity contribution in [2.24, 2.45) is 0 Å². The maximum absolute atomic E-state index is 12.4. The van der Waals surface area contributed by atoms with Gasteiger partial charge in [-0.25, -0.2) is 0 Å². The second kappa shape index (κ2) is 7.67. The molecule has 1 unspecified atom stereocenters. The zero-order valence-electron chi connectivity index (χ0n) is 14.9. The van der Waals surface area contributed by atoms with E-state index in [0.717, 1.165) is 37.8 Å². The van der Waals surface area contributed by atoms with E-state index >= 15 is 0 Å². The summed E-state index contributed by atoms with van der Waals surface area (Å²) in [4.78, 5) is 29.9. The van der Waals surface area contributed by atoms with Crippen LogP contribution in [0.25, 0.3) is 0 Å². The predicted octanol–water partition coefficient (Wildman–Crippen LogP) is 0.250. The van der Waals surface area contributed by atoms with Gasteiger partial charge in [-0.3, -0.25) is 9.59 Å². The van der Waals surface area contributed by atoms with E-state index in [0.29, 0.717) is 25.9 Å². The van der Waals surface area contributed by atoms with E-state index in [4.69, 9.17) is 0 Å². The number of nitrogens with one attached hydrogen (secondary N) is 1. The molecule has 0 aliphatic carbocycles. The molecule has 0 saturated carbocycles. The van der Waals surface area contributed by atoms with Gasteiger partial charge in [0.25, 0.3) is 0 Å². The Bertz CT molecular complexity index is 608. The number of piperazine rings is 1. The summed E-state index contributed by atoms with van der Waals surface area (Å²) in [5.74, 6) is 1.74. The molecule has 25 heavy (non-hydrogen) atoms. The van der Waals surface area contributed by atoms with Crippen LogP contribution in [-0.4, -0.2) is 72.2 Å². The summed E-state index contributed by atoms with van der Waals surface area (Å²) in [5, 5.41) is 11.4. The summed E-state index contributed by atoms with van der Waals surface area (Å²) < 4.78 is 0. The number of aromatic nitrogens is 2. The highest BCUT2D eigenvalue weighted by Gasteiger charge is 2.32. The van der Waals surface area contributed by atoms with Crippen LogP contribution in [0.15, 0.2) is 12.1 Å². The molecule has 0 spiro atoms. The maximum atomic E-state index is 12.4. The van der Waals surface area contributed by atoms with E-state index in [1.165, 1.54) is 0 Å². The lowest BCUT2D eigenvalue weighted by molar-refractivity contribution is -0.134. The zero-order valence-corrected chi connectivity index (χ0v) is 14.9. The fraction of sp³-hybridized carbons (Fsp3) is 0.647. The molecule has 2 aliphatic rings. The van der Waals surface area contributed by atoms with E-state index in [2.05, 4.69) is 39.2 Å². The molecule has 1 atom stereocenters. The van der Waals surface area contributed by atoms with Crippen LogP contribution in [0.4, 0.5) is 11.6 Å². The zero-order chi connectivity index (χ0) is 17.8. The van der Waals surface area contributed by atoms with Gasteiger partial charge in [-0.2, -0.15) is 0 Å². The molecule has 3 rings (SSSR count). The monoisotopic (exact) mass is 346 g/mol. The lowest BCUT2D eigenvalue weighted by Gasteiger charge is -2.36. The number of amides is 2. The quantitative estimate of drug-likeness (QED) is 0.823. The summed E-state index contributed by atoms with van der Waals surface area (Å²) in [6.07, 6.45) is 1.06. The van der Waals surface area contributed by atoms with Crippen LogP contribution in [0.1, 0.15) is 26.7 Å². The van der Waals surface area contributed by atoms with E-state index < -0.39 is 0 Å². The fourth-order valence-electron chi connectivity index (χ4n) is 3.38. The Hall–Kier alpha value is -2.38. The van der Waals surface area contributed by atoms with Gasteiger partial charge in [0.2, 0.25) is 11.8 Å². The van der Waals surface area contributed by atoms with Gasteiger partial charge in [-0.15, -0.1) is 10.2 Å². The first-order valence-corrected chi connectivity index (χ1v) is 9.04. The number of anilines is 2. The van der Waals surface area contributed by atoms with E-state index in [1.807, 2.05) is 17.0 Å². The lowest BCUT2D eigenvalue weighted by atomic mass is 10.2. The third-order valence-corrected chi connectivity index (χ3v) is 4.93. The Morgan fingerprint density at radius 1 is 1.20 bits per heavy atom. The van der Waals surface area contributed by atoms with Gasteiger partial charge in [0.1, 0.15) is 6.04 Å². The maximum Gasteiger partial charge on any atom is 0.245 e. The molecular formula is C17H26N6O2. The number of rotatable bonds is 5. The second-order valence-electron chi connectivity index (χ2n) is 6.39. The van der Waals surface area contributed by atoms with Crippen LogP contribution in [-0.2, 0) is 9.59 Å². The molecule has 2 aliphatic heterocycles. The van der Waals surface area contributed by atoms with Crippen molar-refractivity contribution in [2.45, 2.75) is 32.7 Å². The summed E-state index contributed by atoms with van der Waals surface area (Å²) >= 11 is 0. The molecule has 2 saturated heterocycles. The van der Waals surface area contributed by atoms with Crippen molar-refractivity contribution in [1.82, 2.24) is 20.4 Å². The van der Waals surface area contributed by atoms with Gasteiger partial charge in [-0.05, 0) is 32.4 Å². The molecule has 0 radical (unpaired) electrons. The minimum absolute atomic E-state index is 0.0273. The van der Waals surface area contributed by atoms with Crippen molar-refractivity contribution in [2.75, 3.05) is 49.1 Å². The first kappa shape index (κ1) is 17.4. The molecule has 2 amide bonds. The molecule has 2 fully saturated rings. The van der Waals surface area contributed by atoms with Crippen LogP contribution in [0.5, 0.6) is 0 Å². The smallest absolute Gasteiger partial charge is 0.245 e. The molecule has 0 bridgehead atoms. The van der Waals surface area contributed by atoms with Gasteiger partial charge in [-0.1, -0.05) is 0 Å². The Labute approximate surface area is 148 Å². The number of hydrogen-bond acceptors (Lipinski definition) is 6. The molecular weight excluding hydrogens is 320 g/mol. The standard InChI is InChI=1S/C17H26N6O2/c1-3-21(4-2)14-6-7-15(20-19-14)22-9-11-23(12-10-22)17(25)13-5-8-16(24)18-13/h6-7,13H,3-5,8-12H2,1-2H3,(H,18,24). The van der Waals surface area contributed by atoms with Crippen LogP contribution < -0.4 is 15.1 Å². The van der Waals surface area contributed by atoms with Gasteiger partial charge < -0.3 is 20.0 Å². The van der Waals surface area contributed by atoms with Crippen molar-refractivity contribution >= 4 is 23.5 Å². The van der Waals surface area contributed by atoms with E-state index in [9.17, 15) is 9.59 Å². The van der Waals surface area contributed by atoms with Crippen LogP contribution in [0, 0.1) is 0 Å². The minimum atomic E-state index is -0.341. The van der Waals surface area contributed by atoms with Gasteiger partial charge >= 0.3 is 0 Å². The first-order chi connectivity index (χ1) is 12.1. The Balaban J connectivity index is 1.55. The lowest BCUT2D eigenvalue weighted by Crippen LogP contribution is -2.53. The number of hydrogen-bond donors (Lipinski definition) is 1. The van der Waals surface area contributed by atoms with Crippen molar-refractivity contribution < 1.29 is 9.59 Å². The highest BCUT2D eigenvalue weighted by atomic mass is 16.2. The Morgan fingerprint density at radius 3 is 2.44 bits per heavy atom. The van der Waals surface area contributed by atoms with Crippen LogP contribution in [0.3, 0.4) is 0 Å². The van der Waals surface area contributed by atoms with Crippen LogP contribution >= 0.6 is 0 Å². The number of carbonyl (C=O) groups is 2. The highest BCUT2D eigenvalue weighted by Crippen LogP contribution is 2.18. The Morgan fingerprint density at radius 2 is 1.92 bits per heavy atom. The molecule has 136 valence electrons. The van der Waals surface area contributed by atoms with Gasteiger partial charge in [0.15, 0.2) is 11.6 Å². The second-order valence-corrected chi connectivity index (χ2v) is 6.39. The highest BCUT2D eigenvalue weighted by molar-refractivity contribution is 5.90. The molecule has 1 N–H and O–H groups in total. The van der Waals surface area contributed by atoms with E-state index in [-0.39, 0.29) is 17.9 Å². The number of carbonyl (C=O) groups excluding carboxylic acids is 2. The third kappa shape index (κ3) is 3.83.